The lowest BCUT2D eigenvalue weighted by Crippen LogP contribution is -1.99. The van der Waals surface area contributed by atoms with E-state index in [1.807, 2.05) is 0 Å². The van der Waals surface area contributed by atoms with E-state index in [1.54, 1.807) is 0 Å². The maximum atomic E-state index is 10.1. The Balaban J connectivity index is 1.50. The highest BCUT2D eigenvalue weighted by Gasteiger charge is 2.31. The SMILES string of the molecule is OC(c1ccn(CCCc2ccccc2)c1)C1CC1. The molecule has 0 aliphatic heterocycles. The summed E-state index contributed by atoms with van der Waals surface area (Å²) in [5.74, 6) is 0.514. The molecule has 1 unspecified atom stereocenters. The highest BCUT2D eigenvalue weighted by molar-refractivity contribution is 5.16. The second-order valence-electron chi connectivity index (χ2n) is 5.55. The van der Waals surface area contributed by atoms with Gasteiger partial charge in [-0.3, -0.25) is 0 Å². The van der Waals surface area contributed by atoms with Crippen molar-refractivity contribution in [3.8, 4) is 0 Å². The first kappa shape index (κ1) is 12.5. The van der Waals surface area contributed by atoms with Gasteiger partial charge in [0.2, 0.25) is 0 Å². The summed E-state index contributed by atoms with van der Waals surface area (Å²) in [5.41, 5.74) is 2.48. The van der Waals surface area contributed by atoms with Gasteiger partial charge in [-0.1, -0.05) is 30.3 Å². The molecule has 0 spiro atoms. The van der Waals surface area contributed by atoms with Crippen molar-refractivity contribution in [1.29, 1.82) is 0 Å². The summed E-state index contributed by atoms with van der Waals surface area (Å²) in [7, 11) is 0. The average molecular weight is 255 g/mol. The van der Waals surface area contributed by atoms with Crippen LogP contribution in [0.3, 0.4) is 0 Å². The van der Waals surface area contributed by atoms with Crippen molar-refractivity contribution in [3.05, 3.63) is 59.9 Å². The average Bonchev–Trinajstić information content (AvgIpc) is 3.19. The molecule has 2 aromatic rings. The van der Waals surface area contributed by atoms with Crippen LogP contribution in [0.15, 0.2) is 48.8 Å². The molecule has 0 bridgehead atoms. The molecule has 1 saturated carbocycles. The smallest absolute Gasteiger partial charge is 0.0832 e. The summed E-state index contributed by atoms with van der Waals surface area (Å²) < 4.78 is 2.20. The largest absolute Gasteiger partial charge is 0.388 e. The Hall–Kier alpha value is -1.54. The van der Waals surface area contributed by atoms with Crippen LogP contribution >= 0.6 is 0 Å². The predicted molar refractivity (Wildman–Crippen MR) is 76.9 cm³/mol. The molecule has 1 aromatic carbocycles. The number of aliphatic hydroxyl groups is 1. The van der Waals surface area contributed by atoms with E-state index in [2.05, 4.69) is 53.4 Å². The van der Waals surface area contributed by atoms with Gasteiger partial charge in [0.05, 0.1) is 6.10 Å². The number of hydrogen-bond donors (Lipinski definition) is 1. The van der Waals surface area contributed by atoms with Crippen LogP contribution in [0.5, 0.6) is 0 Å². The third-order valence-corrected chi connectivity index (χ3v) is 3.91. The molecular formula is C17H21NO. The van der Waals surface area contributed by atoms with Gasteiger partial charge in [-0.05, 0) is 48.8 Å². The van der Waals surface area contributed by atoms with Crippen molar-refractivity contribution in [2.75, 3.05) is 0 Å². The molecule has 100 valence electrons. The lowest BCUT2D eigenvalue weighted by atomic mass is 10.1. The topological polar surface area (TPSA) is 25.2 Å². The maximum absolute atomic E-state index is 10.1. The summed E-state index contributed by atoms with van der Waals surface area (Å²) >= 11 is 0. The Bertz CT molecular complexity index is 513. The molecule has 1 aliphatic rings. The fraction of sp³-hybridized carbons (Fsp3) is 0.412. The van der Waals surface area contributed by atoms with E-state index in [0.29, 0.717) is 5.92 Å². The second-order valence-corrected chi connectivity index (χ2v) is 5.55. The van der Waals surface area contributed by atoms with Crippen LogP contribution in [-0.4, -0.2) is 9.67 Å². The fourth-order valence-corrected chi connectivity index (χ4v) is 2.57. The number of nitrogens with zero attached hydrogens (tertiary/aromatic N) is 1. The number of aliphatic hydroxyl groups excluding tert-OH is 1. The van der Waals surface area contributed by atoms with E-state index < -0.39 is 0 Å². The first-order valence-electron chi connectivity index (χ1n) is 7.20. The summed E-state index contributed by atoms with van der Waals surface area (Å²) in [6.45, 7) is 1.02. The number of aromatic nitrogens is 1. The summed E-state index contributed by atoms with van der Waals surface area (Å²) in [6, 6.07) is 12.7. The molecule has 2 heteroatoms. The lowest BCUT2D eigenvalue weighted by molar-refractivity contribution is 0.154. The zero-order valence-corrected chi connectivity index (χ0v) is 11.2. The molecule has 1 aromatic heterocycles. The minimum Gasteiger partial charge on any atom is -0.388 e. The Labute approximate surface area is 114 Å². The predicted octanol–water partition coefficient (Wildman–Crippen LogP) is 3.56. The number of aryl methyl sites for hydroxylation is 2. The molecule has 0 amide bonds. The van der Waals surface area contributed by atoms with E-state index in [9.17, 15) is 5.11 Å². The summed E-state index contributed by atoms with van der Waals surface area (Å²) in [5, 5.41) is 10.1. The molecular weight excluding hydrogens is 234 g/mol. The van der Waals surface area contributed by atoms with Crippen LogP contribution < -0.4 is 0 Å². The van der Waals surface area contributed by atoms with Crippen molar-refractivity contribution in [2.45, 2.75) is 38.3 Å². The number of benzene rings is 1. The Morgan fingerprint density at radius 1 is 1.16 bits per heavy atom. The van der Waals surface area contributed by atoms with Crippen molar-refractivity contribution in [1.82, 2.24) is 4.57 Å². The minimum atomic E-state index is -0.240. The molecule has 1 heterocycles. The lowest BCUT2D eigenvalue weighted by Gasteiger charge is -2.06. The van der Waals surface area contributed by atoms with E-state index in [-0.39, 0.29) is 6.10 Å². The third kappa shape index (κ3) is 3.27. The van der Waals surface area contributed by atoms with E-state index in [1.165, 1.54) is 18.4 Å². The third-order valence-electron chi connectivity index (χ3n) is 3.91. The molecule has 1 N–H and O–H groups in total. The van der Waals surface area contributed by atoms with Gasteiger partial charge in [-0.2, -0.15) is 0 Å². The second kappa shape index (κ2) is 5.62. The van der Waals surface area contributed by atoms with Crippen LogP contribution in [0.25, 0.3) is 0 Å². The standard InChI is InChI=1S/C17H21NO/c19-17(15-8-9-15)16-10-12-18(13-16)11-4-7-14-5-2-1-3-6-14/h1-3,5-6,10,12-13,15,17,19H,4,7-9,11H2. The van der Waals surface area contributed by atoms with Crippen LogP contribution in [0.1, 0.15) is 36.5 Å². The molecule has 1 fully saturated rings. The maximum Gasteiger partial charge on any atom is 0.0832 e. The normalized spacial score (nSPS) is 16.5. The molecule has 0 radical (unpaired) electrons. The van der Waals surface area contributed by atoms with Crippen molar-refractivity contribution < 1.29 is 5.11 Å². The van der Waals surface area contributed by atoms with Gasteiger partial charge in [-0.25, -0.2) is 0 Å². The van der Waals surface area contributed by atoms with Gasteiger partial charge >= 0.3 is 0 Å². The fourth-order valence-electron chi connectivity index (χ4n) is 2.57. The summed E-state index contributed by atoms with van der Waals surface area (Å²) in [6.07, 6.45) is 8.56. The number of rotatable bonds is 6. The zero-order chi connectivity index (χ0) is 13.1. The first-order valence-corrected chi connectivity index (χ1v) is 7.20. The molecule has 2 nitrogen and oxygen atoms in total. The van der Waals surface area contributed by atoms with Crippen molar-refractivity contribution in [3.63, 3.8) is 0 Å². The van der Waals surface area contributed by atoms with Crippen LogP contribution in [-0.2, 0) is 13.0 Å². The van der Waals surface area contributed by atoms with Gasteiger partial charge in [0.25, 0.3) is 0 Å². The Kier molecular flexibility index (Phi) is 3.69. The molecule has 19 heavy (non-hydrogen) atoms. The molecule has 0 saturated heterocycles. The highest BCUT2D eigenvalue weighted by atomic mass is 16.3. The Morgan fingerprint density at radius 2 is 1.95 bits per heavy atom. The summed E-state index contributed by atoms with van der Waals surface area (Å²) in [4.78, 5) is 0. The van der Waals surface area contributed by atoms with Gasteiger partial charge in [-0.15, -0.1) is 0 Å². The van der Waals surface area contributed by atoms with Crippen LogP contribution in [0, 0.1) is 5.92 Å². The van der Waals surface area contributed by atoms with Gasteiger partial charge in [0.1, 0.15) is 0 Å². The minimum absolute atomic E-state index is 0.240. The van der Waals surface area contributed by atoms with Gasteiger partial charge in [0.15, 0.2) is 0 Å². The molecule has 1 aliphatic carbocycles. The monoisotopic (exact) mass is 255 g/mol. The van der Waals surface area contributed by atoms with Crippen LogP contribution in [0.4, 0.5) is 0 Å². The first-order chi connectivity index (χ1) is 9.33. The van der Waals surface area contributed by atoms with Gasteiger partial charge in [0, 0.05) is 18.9 Å². The quantitative estimate of drug-likeness (QED) is 0.838. The van der Waals surface area contributed by atoms with E-state index in [0.717, 1.165) is 24.9 Å². The van der Waals surface area contributed by atoms with Crippen LogP contribution in [0.2, 0.25) is 0 Å². The van der Waals surface area contributed by atoms with Gasteiger partial charge < -0.3 is 9.67 Å². The molecule has 3 rings (SSSR count). The van der Waals surface area contributed by atoms with E-state index in [4.69, 9.17) is 0 Å². The zero-order valence-electron chi connectivity index (χ0n) is 11.2. The van der Waals surface area contributed by atoms with Crippen molar-refractivity contribution >= 4 is 0 Å². The Morgan fingerprint density at radius 3 is 2.68 bits per heavy atom. The van der Waals surface area contributed by atoms with E-state index >= 15 is 0 Å². The number of hydrogen-bond acceptors (Lipinski definition) is 1. The van der Waals surface area contributed by atoms with Crippen molar-refractivity contribution in [2.24, 2.45) is 5.92 Å². The molecule has 1 atom stereocenters. The highest BCUT2D eigenvalue weighted by Crippen LogP contribution is 2.40.